The number of rotatable bonds is 4. The summed E-state index contributed by atoms with van der Waals surface area (Å²) in [6.45, 7) is 0.884. The van der Waals surface area contributed by atoms with E-state index in [4.69, 9.17) is 9.84 Å². The molecular formula is C17H22O3S. The number of aliphatic carboxylic acids is 1. The molecule has 3 rings (SSSR count). The molecule has 1 aliphatic carbocycles. The minimum absolute atomic E-state index is 0.103. The number of carbonyl (C=O) groups is 1. The van der Waals surface area contributed by atoms with Crippen molar-refractivity contribution in [2.75, 3.05) is 6.61 Å². The lowest BCUT2D eigenvalue weighted by Gasteiger charge is -2.38. The average molecular weight is 306 g/mol. The minimum atomic E-state index is -0.775. The van der Waals surface area contributed by atoms with E-state index in [0.29, 0.717) is 5.25 Å². The molecule has 1 saturated carbocycles. The van der Waals surface area contributed by atoms with Crippen LogP contribution in [-0.2, 0) is 16.0 Å². The van der Waals surface area contributed by atoms with Crippen LogP contribution in [0.2, 0.25) is 0 Å². The summed E-state index contributed by atoms with van der Waals surface area (Å²) in [5.41, 5.74) is 1.03. The lowest BCUT2D eigenvalue weighted by Crippen LogP contribution is -2.38. The van der Waals surface area contributed by atoms with Gasteiger partial charge in [-0.15, -0.1) is 11.8 Å². The van der Waals surface area contributed by atoms with Crippen LogP contribution < -0.4 is 0 Å². The predicted molar refractivity (Wildman–Crippen MR) is 83.8 cm³/mol. The Balaban J connectivity index is 1.59. The maximum absolute atomic E-state index is 10.7. The molecular weight excluding hydrogens is 284 g/mol. The van der Waals surface area contributed by atoms with Crippen molar-refractivity contribution in [1.82, 2.24) is 0 Å². The smallest absolute Gasteiger partial charge is 0.307 e. The first-order valence-electron chi connectivity index (χ1n) is 7.77. The number of carboxylic acid groups (broad SMARTS) is 1. The van der Waals surface area contributed by atoms with Crippen LogP contribution in [0.5, 0.6) is 0 Å². The molecule has 4 heteroatoms. The van der Waals surface area contributed by atoms with Crippen molar-refractivity contribution in [3.8, 4) is 0 Å². The monoisotopic (exact) mass is 306 g/mol. The van der Waals surface area contributed by atoms with Crippen LogP contribution in [0.25, 0.3) is 0 Å². The number of carboxylic acids is 1. The summed E-state index contributed by atoms with van der Waals surface area (Å²) in [5.74, 6) is -0.775. The van der Waals surface area contributed by atoms with Crippen molar-refractivity contribution in [3.05, 3.63) is 29.8 Å². The van der Waals surface area contributed by atoms with E-state index in [1.807, 2.05) is 23.9 Å². The van der Waals surface area contributed by atoms with Crippen molar-refractivity contribution in [3.63, 3.8) is 0 Å². The van der Waals surface area contributed by atoms with Crippen LogP contribution >= 0.6 is 11.8 Å². The van der Waals surface area contributed by atoms with Gasteiger partial charge in [0.05, 0.1) is 12.0 Å². The molecule has 0 amide bonds. The molecule has 0 radical (unpaired) electrons. The molecule has 1 saturated heterocycles. The SMILES string of the molecule is O=C(O)Cc1ccc(SC2CCOC3(CCCC3)C2)cc1. The van der Waals surface area contributed by atoms with Crippen molar-refractivity contribution in [1.29, 1.82) is 0 Å². The van der Waals surface area contributed by atoms with E-state index in [9.17, 15) is 4.79 Å². The van der Waals surface area contributed by atoms with E-state index in [0.717, 1.165) is 25.0 Å². The third-order valence-electron chi connectivity index (χ3n) is 4.54. The quantitative estimate of drug-likeness (QED) is 0.916. The van der Waals surface area contributed by atoms with Crippen LogP contribution in [0.15, 0.2) is 29.2 Å². The minimum Gasteiger partial charge on any atom is -0.481 e. The van der Waals surface area contributed by atoms with Gasteiger partial charge in [0.15, 0.2) is 0 Å². The second-order valence-corrected chi connectivity index (χ2v) is 7.56. The first-order chi connectivity index (χ1) is 10.2. The summed E-state index contributed by atoms with van der Waals surface area (Å²) in [7, 11) is 0. The van der Waals surface area contributed by atoms with E-state index >= 15 is 0 Å². The molecule has 1 aromatic carbocycles. The standard InChI is InChI=1S/C17H22O3S/c18-16(19)11-13-3-5-14(6-4-13)21-15-7-10-20-17(12-15)8-1-2-9-17/h3-6,15H,1-2,7-12H2,(H,18,19). The molecule has 2 fully saturated rings. The molecule has 1 spiro atoms. The fourth-order valence-electron chi connectivity index (χ4n) is 3.50. The summed E-state index contributed by atoms with van der Waals surface area (Å²) < 4.78 is 6.08. The van der Waals surface area contributed by atoms with Gasteiger partial charge in [-0.05, 0) is 43.4 Å². The Bertz CT molecular complexity index is 491. The number of benzene rings is 1. The number of ether oxygens (including phenoxy) is 1. The summed E-state index contributed by atoms with van der Waals surface area (Å²) in [4.78, 5) is 11.9. The Kier molecular flexibility index (Phi) is 4.55. The van der Waals surface area contributed by atoms with Crippen LogP contribution in [0.4, 0.5) is 0 Å². The fourth-order valence-corrected chi connectivity index (χ4v) is 4.78. The Hall–Kier alpha value is -1.00. The van der Waals surface area contributed by atoms with Gasteiger partial charge in [-0.3, -0.25) is 4.79 Å². The van der Waals surface area contributed by atoms with Gasteiger partial charge >= 0.3 is 5.97 Å². The molecule has 1 heterocycles. The summed E-state index contributed by atoms with van der Waals surface area (Å²) >= 11 is 1.93. The summed E-state index contributed by atoms with van der Waals surface area (Å²) in [6, 6.07) is 7.97. The van der Waals surface area contributed by atoms with Crippen molar-refractivity contribution < 1.29 is 14.6 Å². The normalized spacial score (nSPS) is 24.3. The van der Waals surface area contributed by atoms with Gasteiger partial charge in [0.1, 0.15) is 0 Å². The van der Waals surface area contributed by atoms with Crippen LogP contribution in [-0.4, -0.2) is 28.5 Å². The van der Waals surface area contributed by atoms with Crippen molar-refractivity contribution in [2.45, 2.75) is 60.7 Å². The van der Waals surface area contributed by atoms with Crippen molar-refractivity contribution >= 4 is 17.7 Å². The van der Waals surface area contributed by atoms with Gasteiger partial charge in [0, 0.05) is 16.8 Å². The highest BCUT2D eigenvalue weighted by atomic mass is 32.2. The highest BCUT2D eigenvalue weighted by Crippen LogP contribution is 2.44. The van der Waals surface area contributed by atoms with E-state index in [1.165, 1.54) is 30.6 Å². The first kappa shape index (κ1) is 14.9. The molecule has 0 bridgehead atoms. The molecule has 21 heavy (non-hydrogen) atoms. The zero-order valence-corrected chi connectivity index (χ0v) is 13.0. The molecule has 2 aliphatic rings. The molecule has 1 unspecified atom stereocenters. The molecule has 1 aromatic rings. The Morgan fingerprint density at radius 2 is 2.00 bits per heavy atom. The first-order valence-corrected chi connectivity index (χ1v) is 8.65. The van der Waals surface area contributed by atoms with Gasteiger partial charge in [-0.2, -0.15) is 0 Å². The number of thioether (sulfide) groups is 1. The zero-order chi connectivity index (χ0) is 14.7. The lowest BCUT2D eigenvalue weighted by atomic mass is 9.92. The van der Waals surface area contributed by atoms with E-state index in [-0.39, 0.29) is 12.0 Å². The van der Waals surface area contributed by atoms with Gasteiger partial charge in [-0.25, -0.2) is 0 Å². The number of hydrogen-bond acceptors (Lipinski definition) is 3. The van der Waals surface area contributed by atoms with Gasteiger partial charge in [-0.1, -0.05) is 25.0 Å². The molecule has 114 valence electrons. The Morgan fingerprint density at radius 1 is 1.29 bits per heavy atom. The summed E-state index contributed by atoms with van der Waals surface area (Å²) in [5, 5.41) is 9.42. The van der Waals surface area contributed by atoms with E-state index < -0.39 is 5.97 Å². The summed E-state index contributed by atoms with van der Waals surface area (Å²) in [6.07, 6.45) is 7.44. The second-order valence-electron chi connectivity index (χ2n) is 6.19. The van der Waals surface area contributed by atoms with Gasteiger partial charge in [0.25, 0.3) is 0 Å². The molecule has 3 nitrogen and oxygen atoms in total. The predicted octanol–water partition coefficient (Wildman–Crippen LogP) is 3.90. The highest BCUT2D eigenvalue weighted by molar-refractivity contribution is 8.00. The topological polar surface area (TPSA) is 46.5 Å². The average Bonchev–Trinajstić information content (AvgIpc) is 2.88. The van der Waals surface area contributed by atoms with E-state index in [2.05, 4.69) is 12.1 Å². The van der Waals surface area contributed by atoms with Crippen molar-refractivity contribution in [2.24, 2.45) is 0 Å². The lowest BCUT2D eigenvalue weighted by molar-refractivity contribution is -0.136. The van der Waals surface area contributed by atoms with Gasteiger partial charge < -0.3 is 9.84 Å². The third kappa shape index (κ3) is 3.80. The Morgan fingerprint density at radius 3 is 2.67 bits per heavy atom. The van der Waals surface area contributed by atoms with Gasteiger partial charge in [0.2, 0.25) is 0 Å². The zero-order valence-electron chi connectivity index (χ0n) is 12.2. The van der Waals surface area contributed by atoms with Crippen LogP contribution in [0.1, 0.15) is 44.1 Å². The molecule has 1 atom stereocenters. The largest absolute Gasteiger partial charge is 0.481 e. The molecule has 1 aliphatic heterocycles. The fraction of sp³-hybridized carbons (Fsp3) is 0.588. The maximum atomic E-state index is 10.7. The maximum Gasteiger partial charge on any atom is 0.307 e. The second kappa shape index (κ2) is 6.41. The Labute approximate surface area is 130 Å². The third-order valence-corrected chi connectivity index (χ3v) is 5.82. The number of hydrogen-bond donors (Lipinski definition) is 1. The van der Waals surface area contributed by atoms with Crippen LogP contribution in [0.3, 0.4) is 0 Å². The molecule has 0 aromatic heterocycles. The highest BCUT2D eigenvalue weighted by Gasteiger charge is 2.40. The molecule has 1 N–H and O–H groups in total. The van der Waals surface area contributed by atoms with Crippen LogP contribution in [0, 0.1) is 0 Å². The van der Waals surface area contributed by atoms with E-state index in [1.54, 1.807) is 0 Å².